The van der Waals surface area contributed by atoms with Gasteiger partial charge in [-0.15, -0.1) is 0 Å². The molecule has 4 nitrogen and oxygen atoms in total. The summed E-state index contributed by atoms with van der Waals surface area (Å²) >= 11 is 6.22. The molecule has 0 aliphatic carbocycles. The summed E-state index contributed by atoms with van der Waals surface area (Å²) in [7, 11) is 0. The first-order valence-electron chi connectivity index (χ1n) is 10.1. The topological polar surface area (TPSA) is 41.6 Å². The highest BCUT2D eigenvalue weighted by Crippen LogP contribution is 2.32. The summed E-state index contributed by atoms with van der Waals surface area (Å²) in [5.74, 6) is 1.54. The largest absolute Gasteiger partial charge is 0.493 e. The fourth-order valence-corrected chi connectivity index (χ4v) is 4.20. The van der Waals surface area contributed by atoms with Crippen LogP contribution in [0.3, 0.4) is 0 Å². The van der Waals surface area contributed by atoms with Gasteiger partial charge in [0, 0.05) is 17.1 Å². The third kappa shape index (κ3) is 5.37. The third-order valence-corrected chi connectivity index (χ3v) is 5.74. The summed E-state index contributed by atoms with van der Waals surface area (Å²) in [6.45, 7) is 7.29. The Labute approximate surface area is 162 Å². The minimum Gasteiger partial charge on any atom is -0.493 e. The molecule has 2 heterocycles. The first kappa shape index (κ1) is 19.5. The summed E-state index contributed by atoms with van der Waals surface area (Å²) in [5.41, 5.74) is 2.05. The number of carbonyl (C=O) groups is 1. The van der Waals surface area contributed by atoms with E-state index >= 15 is 0 Å². The number of benzene rings is 1. The Bertz CT molecular complexity index is 612. The molecule has 1 aromatic rings. The number of hydrogen-bond acceptors (Lipinski definition) is 3. The van der Waals surface area contributed by atoms with E-state index < -0.39 is 0 Å². The molecule has 0 radical (unpaired) electrons. The maximum Gasteiger partial charge on any atom is 0.224 e. The third-order valence-electron chi connectivity index (χ3n) is 5.52. The van der Waals surface area contributed by atoms with Gasteiger partial charge in [-0.2, -0.15) is 0 Å². The SMILES string of the molecule is CCCCN1CCC(CNC(=O)Cc2cc(Cl)cc3c2OCCC3)CC1. The van der Waals surface area contributed by atoms with Crippen molar-refractivity contribution in [3.63, 3.8) is 0 Å². The maximum atomic E-state index is 12.4. The molecule has 1 aromatic carbocycles. The standard InChI is InChI=1S/C21H31ClN2O2/c1-2-3-8-24-9-6-16(7-10-24)15-23-20(25)14-18-13-19(22)12-17-5-4-11-26-21(17)18/h12-13,16H,2-11,14-15H2,1H3,(H,23,25). The number of unbranched alkanes of at least 4 members (excludes halogenated alkanes) is 1. The van der Waals surface area contributed by atoms with Crippen LogP contribution in [-0.4, -0.2) is 43.6 Å². The molecule has 0 spiro atoms. The molecule has 0 unspecified atom stereocenters. The number of nitrogens with zero attached hydrogens (tertiary/aromatic N) is 1. The molecule has 3 rings (SSSR count). The number of rotatable bonds is 7. The molecule has 1 N–H and O–H groups in total. The van der Waals surface area contributed by atoms with Gasteiger partial charge in [-0.1, -0.05) is 24.9 Å². The molecule has 5 heteroatoms. The van der Waals surface area contributed by atoms with Gasteiger partial charge >= 0.3 is 0 Å². The number of piperidine rings is 1. The average molecular weight is 379 g/mol. The number of nitrogens with one attached hydrogen (secondary N) is 1. The van der Waals surface area contributed by atoms with E-state index in [1.54, 1.807) is 0 Å². The van der Waals surface area contributed by atoms with Crippen LogP contribution in [-0.2, 0) is 17.6 Å². The number of fused-ring (bicyclic) bond motifs is 1. The van der Waals surface area contributed by atoms with Gasteiger partial charge in [0.25, 0.3) is 0 Å². The molecule has 2 aliphatic heterocycles. The van der Waals surface area contributed by atoms with Crippen molar-refractivity contribution in [2.24, 2.45) is 5.92 Å². The zero-order valence-corrected chi connectivity index (χ0v) is 16.6. The maximum absolute atomic E-state index is 12.4. The van der Waals surface area contributed by atoms with Gasteiger partial charge in [0.05, 0.1) is 13.0 Å². The van der Waals surface area contributed by atoms with Crippen molar-refractivity contribution in [3.05, 3.63) is 28.3 Å². The molecular formula is C21H31ClN2O2. The van der Waals surface area contributed by atoms with Crippen LogP contribution < -0.4 is 10.1 Å². The van der Waals surface area contributed by atoms with Gasteiger partial charge in [0.1, 0.15) is 5.75 Å². The van der Waals surface area contributed by atoms with E-state index in [9.17, 15) is 4.79 Å². The molecule has 26 heavy (non-hydrogen) atoms. The van der Waals surface area contributed by atoms with Gasteiger partial charge < -0.3 is 15.0 Å². The summed E-state index contributed by atoms with van der Waals surface area (Å²) in [4.78, 5) is 15.0. The molecule has 144 valence electrons. The second-order valence-corrected chi connectivity index (χ2v) is 8.06. The molecule has 1 amide bonds. The quantitative estimate of drug-likeness (QED) is 0.783. The summed E-state index contributed by atoms with van der Waals surface area (Å²) in [6, 6.07) is 3.83. The van der Waals surface area contributed by atoms with Crippen LogP contribution in [0.5, 0.6) is 5.75 Å². The van der Waals surface area contributed by atoms with E-state index in [2.05, 4.69) is 17.1 Å². The number of carbonyl (C=O) groups excluding carboxylic acids is 1. The Morgan fingerprint density at radius 1 is 1.35 bits per heavy atom. The second-order valence-electron chi connectivity index (χ2n) is 7.62. The Kier molecular flexibility index (Phi) is 7.21. The van der Waals surface area contributed by atoms with Crippen LogP contribution >= 0.6 is 11.6 Å². The van der Waals surface area contributed by atoms with E-state index in [4.69, 9.17) is 16.3 Å². The normalized spacial score (nSPS) is 18.2. The molecule has 0 saturated carbocycles. The van der Waals surface area contributed by atoms with Crippen LogP contribution in [0.1, 0.15) is 50.2 Å². The summed E-state index contributed by atoms with van der Waals surface area (Å²) in [6.07, 6.45) is 7.23. The van der Waals surface area contributed by atoms with Crippen molar-refractivity contribution in [2.45, 2.75) is 51.9 Å². The predicted octanol–water partition coefficient (Wildman–Crippen LogP) is 3.84. The number of amides is 1. The second kappa shape index (κ2) is 9.61. The number of likely N-dealkylation sites (tertiary alicyclic amines) is 1. The Balaban J connectivity index is 1.46. The first-order chi connectivity index (χ1) is 12.7. The van der Waals surface area contributed by atoms with Crippen LogP contribution in [0.15, 0.2) is 12.1 Å². The lowest BCUT2D eigenvalue weighted by molar-refractivity contribution is -0.120. The minimum absolute atomic E-state index is 0.0667. The number of halogens is 1. The lowest BCUT2D eigenvalue weighted by Gasteiger charge is -2.32. The lowest BCUT2D eigenvalue weighted by Crippen LogP contribution is -2.39. The predicted molar refractivity (Wildman–Crippen MR) is 106 cm³/mol. The van der Waals surface area contributed by atoms with Crippen molar-refractivity contribution >= 4 is 17.5 Å². The van der Waals surface area contributed by atoms with Crippen molar-refractivity contribution in [1.82, 2.24) is 10.2 Å². The molecule has 2 aliphatic rings. The Hall–Kier alpha value is -1.26. The van der Waals surface area contributed by atoms with Gasteiger partial charge in [0.15, 0.2) is 0 Å². The van der Waals surface area contributed by atoms with Gasteiger partial charge in [0.2, 0.25) is 5.91 Å². The Morgan fingerprint density at radius 2 is 2.15 bits per heavy atom. The van der Waals surface area contributed by atoms with Crippen LogP contribution in [0.2, 0.25) is 5.02 Å². The molecular weight excluding hydrogens is 348 g/mol. The van der Waals surface area contributed by atoms with Crippen LogP contribution in [0, 0.1) is 5.92 Å². The fourth-order valence-electron chi connectivity index (χ4n) is 3.94. The fraction of sp³-hybridized carbons (Fsp3) is 0.667. The van der Waals surface area contributed by atoms with Crippen LogP contribution in [0.25, 0.3) is 0 Å². The number of hydrogen-bond donors (Lipinski definition) is 1. The molecule has 1 fully saturated rings. The van der Waals surface area contributed by atoms with Gasteiger partial charge in [-0.25, -0.2) is 0 Å². The zero-order chi connectivity index (χ0) is 18.4. The van der Waals surface area contributed by atoms with E-state index in [0.29, 0.717) is 17.4 Å². The zero-order valence-electron chi connectivity index (χ0n) is 15.9. The highest BCUT2D eigenvalue weighted by molar-refractivity contribution is 6.30. The van der Waals surface area contributed by atoms with Crippen molar-refractivity contribution in [1.29, 1.82) is 0 Å². The van der Waals surface area contributed by atoms with E-state index in [-0.39, 0.29) is 5.91 Å². The highest BCUT2D eigenvalue weighted by Gasteiger charge is 2.21. The van der Waals surface area contributed by atoms with Crippen molar-refractivity contribution in [2.75, 3.05) is 32.8 Å². The van der Waals surface area contributed by atoms with E-state index in [0.717, 1.165) is 56.0 Å². The summed E-state index contributed by atoms with van der Waals surface area (Å²) in [5, 5.41) is 3.82. The summed E-state index contributed by atoms with van der Waals surface area (Å²) < 4.78 is 5.80. The number of ether oxygens (including phenoxy) is 1. The first-order valence-corrected chi connectivity index (χ1v) is 10.5. The average Bonchev–Trinajstić information content (AvgIpc) is 2.65. The highest BCUT2D eigenvalue weighted by atomic mass is 35.5. The molecule has 0 aromatic heterocycles. The molecule has 1 saturated heterocycles. The number of aryl methyl sites for hydroxylation is 1. The molecule has 0 atom stereocenters. The Morgan fingerprint density at radius 3 is 2.92 bits per heavy atom. The van der Waals surface area contributed by atoms with Crippen molar-refractivity contribution in [3.8, 4) is 5.75 Å². The van der Waals surface area contributed by atoms with Gasteiger partial charge in [-0.05, 0) is 75.4 Å². The van der Waals surface area contributed by atoms with E-state index in [1.165, 1.54) is 32.2 Å². The van der Waals surface area contributed by atoms with Crippen molar-refractivity contribution < 1.29 is 9.53 Å². The van der Waals surface area contributed by atoms with Gasteiger partial charge in [-0.3, -0.25) is 4.79 Å². The monoisotopic (exact) mass is 378 g/mol. The smallest absolute Gasteiger partial charge is 0.224 e. The lowest BCUT2D eigenvalue weighted by atomic mass is 9.96. The van der Waals surface area contributed by atoms with E-state index in [1.807, 2.05) is 12.1 Å². The minimum atomic E-state index is 0.0667. The molecule has 0 bridgehead atoms. The van der Waals surface area contributed by atoms with Crippen LogP contribution in [0.4, 0.5) is 0 Å².